The molecule has 2 rings (SSSR count). The molecule has 8 heteroatoms. The van der Waals surface area contributed by atoms with Crippen LogP contribution >= 0.6 is 11.6 Å². The summed E-state index contributed by atoms with van der Waals surface area (Å²) < 4.78 is 30.6. The van der Waals surface area contributed by atoms with Crippen LogP contribution in [0, 0.1) is 0 Å². The van der Waals surface area contributed by atoms with Gasteiger partial charge in [-0.2, -0.15) is 0 Å². The van der Waals surface area contributed by atoms with Crippen LogP contribution in [0.5, 0.6) is 5.75 Å². The molecule has 0 aromatic heterocycles. The van der Waals surface area contributed by atoms with Crippen molar-refractivity contribution in [1.29, 1.82) is 0 Å². The summed E-state index contributed by atoms with van der Waals surface area (Å²) in [7, 11) is -1.91. The summed E-state index contributed by atoms with van der Waals surface area (Å²) in [6.45, 7) is 0.553. The van der Waals surface area contributed by atoms with E-state index < -0.39 is 10.0 Å². The van der Waals surface area contributed by atoms with E-state index in [1.165, 1.54) is 4.31 Å². The number of amides is 1. The van der Waals surface area contributed by atoms with Crippen LogP contribution < -0.4 is 14.4 Å². The van der Waals surface area contributed by atoms with E-state index in [2.05, 4.69) is 5.32 Å². The monoisotopic (exact) mass is 410 g/mol. The van der Waals surface area contributed by atoms with E-state index >= 15 is 0 Å². The molecule has 0 atom stereocenters. The summed E-state index contributed by atoms with van der Waals surface area (Å²) in [6.07, 6.45) is 1.76. The smallest absolute Gasteiger partial charge is 0.232 e. The number of halogens is 1. The van der Waals surface area contributed by atoms with Crippen molar-refractivity contribution in [3.63, 3.8) is 0 Å². The zero-order chi connectivity index (χ0) is 19.9. The Balaban J connectivity index is 1.89. The number of nitrogens with zero attached hydrogens (tertiary/aromatic N) is 1. The summed E-state index contributed by atoms with van der Waals surface area (Å²) in [4.78, 5) is 12.0. The number of ether oxygens (including phenoxy) is 1. The molecule has 0 aliphatic heterocycles. The normalized spacial score (nSPS) is 11.1. The van der Waals surface area contributed by atoms with Crippen molar-refractivity contribution in [3.05, 3.63) is 59.1 Å². The number of hydrogen-bond donors (Lipinski definition) is 1. The molecule has 1 N–H and O–H groups in total. The fraction of sp³-hybridized carbons (Fsp3) is 0.316. The Bertz CT molecular complexity index is 870. The third-order valence-electron chi connectivity index (χ3n) is 3.96. The molecule has 0 aliphatic carbocycles. The van der Waals surface area contributed by atoms with E-state index in [0.29, 0.717) is 29.4 Å². The van der Waals surface area contributed by atoms with Gasteiger partial charge >= 0.3 is 0 Å². The van der Waals surface area contributed by atoms with Crippen molar-refractivity contribution in [2.24, 2.45) is 0 Å². The van der Waals surface area contributed by atoms with Gasteiger partial charge in [-0.3, -0.25) is 9.10 Å². The third kappa shape index (κ3) is 6.45. The topological polar surface area (TPSA) is 75.7 Å². The minimum Gasteiger partial charge on any atom is -0.497 e. The molecule has 0 fully saturated rings. The highest BCUT2D eigenvalue weighted by Gasteiger charge is 2.17. The minimum atomic E-state index is -3.45. The molecule has 2 aromatic rings. The first-order chi connectivity index (χ1) is 12.8. The Morgan fingerprint density at radius 3 is 2.41 bits per heavy atom. The molecule has 146 valence electrons. The van der Waals surface area contributed by atoms with Crippen LogP contribution in [0.25, 0.3) is 0 Å². The van der Waals surface area contributed by atoms with Crippen molar-refractivity contribution < 1.29 is 17.9 Å². The highest BCUT2D eigenvalue weighted by atomic mass is 35.5. The molecule has 0 unspecified atom stereocenters. The van der Waals surface area contributed by atoms with Crippen LogP contribution in [-0.4, -0.2) is 34.2 Å². The lowest BCUT2D eigenvalue weighted by atomic mass is 10.2. The zero-order valence-electron chi connectivity index (χ0n) is 15.3. The van der Waals surface area contributed by atoms with Gasteiger partial charge in [0.1, 0.15) is 5.75 Å². The summed E-state index contributed by atoms with van der Waals surface area (Å²) in [6, 6.07) is 14.0. The fourth-order valence-corrected chi connectivity index (χ4v) is 3.71. The molecule has 0 spiro atoms. The lowest BCUT2D eigenvalue weighted by molar-refractivity contribution is -0.121. The summed E-state index contributed by atoms with van der Waals surface area (Å²) >= 11 is 6.06. The maximum Gasteiger partial charge on any atom is 0.232 e. The fourth-order valence-electron chi connectivity index (χ4n) is 2.54. The lowest BCUT2D eigenvalue weighted by Crippen LogP contribution is -2.32. The van der Waals surface area contributed by atoms with Gasteiger partial charge in [-0.25, -0.2) is 8.42 Å². The number of rotatable bonds is 9. The number of anilines is 1. The zero-order valence-corrected chi connectivity index (χ0v) is 16.9. The summed E-state index contributed by atoms with van der Waals surface area (Å²) in [5.74, 6) is 0.490. The quantitative estimate of drug-likeness (QED) is 0.688. The van der Waals surface area contributed by atoms with Gasteiger partial charge in [0.05, 0.1) is 19.1 Å². The second-order valence-corrected chi connectivity index (χ2v) is 8.32. The van der Waals surface area contributed by atoms with Crippen LogP contribution in [0.1, 0.15) is 18.4 Å². The van der Waals surface area contributed by atoms with Gasteiger partial charge in [-0.1, -0.05) is 29.8 Å². The average molecular weight is 411 g/mol. The number of benzene rings is 2. The Morgan fingerprint density at radius 2 is 1.81 bits per heavy atom. The summed E-state index contributed by atoms with van der Waals surface area (Å²) in [5.41, 5.74) is 1.37. The molecule has 0 bridgehead atoms. The second kappa shape index (κ2) is 9.62. The molecule has 0 radical (unpaired) electrons. The van der Waals surface area contributed by atoms with Crippen molar-refractivity contribution in [2.45, 2.75) is 19.4 Å². The maximum absolute atomic E-state index is 12.1. The Labute approximate surface area is 165 Å². The van der Waals surface area contributed by atoms with Crippen molar-refractivity contribution in [1.82, 2.24) is 5.32 Å². The lowest BCUT2D eigenvalue weighted by Gasteiger charge is -2.22. The number of hydrogen-bond acceptors (Lipinski definition) is 4. The SMILES string of the molecule is COc1ccc(N(CCCC(=O)NCc2ccccc2Cl)S(C)(=O)=O)cc1. The number of carbonyl (C=O) groups is 1. The molecular formula is C19H23ClN2O4S. The number of sulfonamides is 1. The molecule has 0 saturated heterocycles. The molecule has 1 amide bonds. The van der Waals surface area contributed by atoms with E-state index in [9.17, 15) is 13.2 Å². The largest absolute Gasteiger partial charge is 0.497 e. The van der Waals surface area contributed by atoms with Crippen molar-refractivity contribution in [3.8, 4) is 5.75 Å². The van der Waals surface area contributed by atoms with Crippen molar-refractivity contribution in [2.75, 3.05) is 24.2 Å². The van der Waals surface area contributed by atoms with Crippen LogP contribution in [0.4, 0.5) is 5.69 Å². The number of carbonyl (C=O) groups excluding carboxylic acids is 1. The predicted molar refractivity (Wildman–Crippen MR) is 108 cm³/mol. The molecule has 27 heavy (non-hydrogen) atoms. The van der Waals surface area contributed by atoms with Gasteiger partial charge in [-0.05, 0) is 42.3 Å². The first kappa shape index (κ1) is 21.1. The van der Waals surface area contributed by atoms with Crippen LogP contribution in [0.3, 0.4) is 0 Å². The minimum absolute atomic E-state index is 0.155. The van der Waals surface area contributed by atoms with E-state index in [1.807, 2.05) is 18.2 Å². The number of nitrogens with one attached hydrogen (secondary N) is 1. The van der Waals surface area contributed by atoms with Crippen molar-refractivity contribution >= 4 is 33.2 Å². The molecule has 0 saturated carbocycles. The maximum atomic E-state index is 12.1. The standard InChI is InChI=1S/C19H23ClN2O4S/c1-26-17-11-9-16(10-12-17)22(27(2,24)25)13-5-8-19(23)21-14-15-6-3-4-7-18(15)20/h3-4,6-7,9-12H,5,8,13-14H2,1-2H3,(H,21,23). The van der Waals surface area contributed by atoms with Gasteiger partial charge in [-0.15, -0.1) is 0 Å². The highest BCUT2D eigenvalue weighted by Crippen LogP contribution is 2.22. The molecular weight excluding hydrogens is 388 g/mol. The van der Waals surface area contributed by atoms with Crippen LogP contribution in [0.2, 0.25) is 5.02 Å². The second-order valence-electron chi connectivity index (χ2n) is 6.00. The number of methoxy groups -OCH3 is 1. The van der Waals surface area contributed by atoms with E-state index in [-0.39, 0.29) is 18.9 Å². The highest BCUT2D eigenvalue weighted by molar-refractivity contribution is 7.92. The van der Waals surface area contributed by atoms with E-state index in [4.69, 9.17) is 16.3 Å². The van der Waals surface area contributed by atoms with Gasteiger partial charge in [0, 0.05) is 24.5 Å². The first-order valence-electron chi connectivity index (χ1n) is 8.43. The molecule has 6 nitrogen and oxygen atoms in total. The molecule has 2 aromatic carbocycles. The Morgan fingerprint density at radius 1 is 1.15 bits per heavy atom. The third-order valence-corrected chi connectivity index (χ3v) is 5.52. The van der Waals surface area contributed by atoms with Crippen LogP contribution in [0.15, 0.2) is 48.5 Å². The first-order valence-corrected chi connectivity index (χ1v) is 10.7. The van der Waals surface area contributed by atoms with E-state index in [0.717, 1.165) is 11.8 Å². The summed E-state index contributed by atoms with van der Waals surface area (Å²) in [5, 5.41) is 3.40. The Hall–Kier alpha value is -2.25. The van der Waals surface area contributed by atoms with Gasteiger partial charge in [0.2, 0.25) is 15.9 Å². The average Bonchev–Trinajstić information content (AvgIpc) is 2.64. The van der Waals surface area contributed by atoms with Gasteiger partial charge in [0.25, 0.3) is 0 Å². The van der Waals surface area contributed by atoms with Crippen LogP contribution in [-0.2, 0) is 21.4 Å². The van der Waals surface area contributed by atoms with Gasteiger partial charge < -0.3 is 10.1 Å². The molecule has 0 heterocycles. The Kier molecular flexibility index (Phi) is 7.50. The predicted octanol–water partition coefficient (Wildman–Crippen LogP) is 3.21. The van der Waals surface area contributed by atoms with E-state index in [1.54, 1.807) is 37.4 Å². The van der Waals surface area contributed by atoms with Gasteiger partial charge in [0.15, 0.2) is 0 Å². The molecule has 0 aliphatic rings.